The van der Waals surface area contributed by atoms with Crippen LogP contribution in [0, 0.1) is 6.92 Å². The summed E-state index contributed by atoms with van der Waals surface area (Å²) in [5, 5.41) is 12.6. The van der Waals surface area contributed by atoms with Gasteiger partial charge in [-0.1, -0.05) is 26.0 Å². The third-order valence-electron chi connectivity index (χ3n) is 6.28. The molecule has 0 bridgehead atoms. The summed E-state index contributed by atoms with van der Waals surface area (Å²) < 4.78 is 7.80. The van der Waals surface area contributed by atoms with Crippen LogP contribution in [0.1, 0.15) is 67.7 Å². The van der Waals surface area contributed by atoms with E-state index in [4.69, 9.17) is 4.74 Å². The molecule has 0 aliphatic rings. The molecule has 0 saturated carbocycles. The van der Waals surface area contributed by atoms with E-state index in [1.54, 1.807) is 6.92 Å². The summed E-state index contributed by atoms with van der Waals surface area (Å²) in [5.74, 6) is 0.766. The van der Waals surface area contributed by atoms with Gasteiger partial charge in [-0.3, -0.25) is 4.79 Å². The summed E-state index contributed by atoms with van der Waals surface area (Å²) in [6.45, 7) is 12.7. The summed E-state index contributed by atoms with van der Waals surface area (Å²) in [6.07, 6.45) is 3.48. The number of benzene rings is 1. The van der Waals surface area contributed by atoms with E-state index >= 15 is 0 Å². The molecule has 6 nitrogen and oxygen atoms in total. The van der Waals surface area contributed by atoms with Gasteiger partial charge in [0.25, 0.3) is 5.91 Å². The van der Waals surface area contributed by atoms with Gasteiger partial charge in [0.15, 0.2) is 0 Å². The zero-order chi connectivity index (χ0) is 23.9. The van der Waals surface area contributed by atoms with Crippen LogP contribution in [0.4, 0.5) is 0 Å². The maximum Gasteiger partial charge on any atom is 0.267 e. The van der Waals surface area contributed by atoms with E-state index in [2.05, 4.69) is 55.4 Å². The average molecular weight is 444 g/mol. The van der Waals surface area contributed by atoms with Crippen LogP contribution in [0.3, 0.4) is 0 Å². The molecule has 2 rings (SSSR count). The number of aryl methyl sites for hydroxylation is 2. The molecule has 1 aromatic heterocycles. The van der Waals surface area contributed by atoms with Gasteiger partial charge in [0.05, 0.1) is 6.10 Å². The van der Waals surface area contributed by atoms with Gasteiger partial charge in [0.1, 0.15) is 18.1 Å². The first-order chi connectivity index (χ1) is 15.2. The van der Waals surface area contributed by atoms with Crippen molar-refractivity contribution in [1.29, 1.82) is 0 Å². The summed E-state index contributed by atoms with van der Waals surface area (Å²) in [6, 6.07) is 8.37. The predicted molar refractivity (Wildman–Crippen MR) is 131 cm³/mol. The van der Waals surface area contributed by atoms with Crippen molar-refractivity contribution < 1.29 is 14.6 Å². The van der Waals surface area contributed by atoms with Crippen LogP contribution in [0.5, 0.6) is 5.75 Å². The third kappa shape index (κ3) is 5.93. The van der Waals surface area contributed by atoms with Crippen LogP contribution in [-0.4, -0.2) is 60.4 Å². The molecular formula is C26H41N3O3. The van der Waals surface area contributed by atoms with Crippen molar-refractivity contribution in [3.05, 3.63) is 52.8 Å². The number of aliphatic hydroxyl groups excluding tert-OH is 1. The minimum absolute atomic E-state index is 0.0286. The van der Waals surface area contributed by atoms with E-state index in [-0.39, 0.29) is 17.9 Å². The lowest BCUT2D eigenvalue weighted by Crippen LogP contribution is -2.32. The van der Waals surface area contributed by atoms with Crippen molar-refractivity contribution in [1.82, 2.24) is 14.8 Å². The first-order valence-corrected chi connectivity index (χ1v) is 11.7. The molecule has 0 aliphatic heterocycles. The van der Waals surface area contributed by atoms with Crippen molar-refractivity contribution in [2.24, 2.45) is 0 Å². The molecule has 0 saturated heterocycles. The Kier molecular flexibility index (Phi) is 9.34. The minimum Gasteiger partial charge on any atom is -0.491 e. The number of hydrogen-bond donors (Lipinski definition) is 2. The van der Waals surface area contributed by atoms with Crippen LogP contribution >= 0.6 is 0 Å². The van der Waals surface area contributed by atoms with Crippen LogP contribution in [0.2, 0.25) is 0 Å². The van der Waals surface area contributed by atoms with Gasteiger partial charge in [-0.25, -0.2) is 0 Å². The Labute approximate surface area is 193 Å². The Hall–Kier alpha value is -2.31. The highest BCUT2D eigenvalue weighted by atomic mass is 16.5. The first kappa shape index (κ1) is 25.9. The number of aliphatic hydroxyl groups is 1. The van der Waals surface area contributed by atoms with E-state index in [1.165, 1.54) is 11.1 Å². The molecular weight excluding hydrogens is 402 g/mol. The van der Waals surface area contributed by atoms with Crippen molar-refractivity contribution in [2.75, 3.05) is 33.8 Å². The molecule has 2 aromatic rings. The van der Waals surface area contributed by atoms with Crippen LogP contribution < -0.4 is 10.1 Å². The second-order valence-electron chi connectivity index (χ2n) is 8.89. The molecule has 6 heteroatoms. The minimum atomic E-state index is -0.504. The zero-order valence-corrected chi connectivity index (χ0v) is 20.9. The molecule has 178 valence electrons. The number of ether oxygens (including phenoxy) is 1. The normalized spacial score (nSPS) is 12.8. The van der Waals surface area contributed by atoms with E-state index in [1.807, 2.05) is 31.7 Å². The predicted octanol–water partition coefficient (Wildman–Crippen LogP) is 3.97. The molecule has 1 heterocycles. The lowest BCUT2D eigenvalue weighted by Gasteiger charge is -2.32. The highest BCUT2D eigenvalue weighted by molar-refractivity contribution is 5.93. The largest absolute Gasteiger partial charge is 0.491 e. The zero-order valence-electron chi connectivity index (χ0n) is 20.9. The molecule has 0 radical (unpaired) electrons. The fourth-order valence-corrected chi connectivity index (χ4v) is 4.26. The van der Waals surface area contributed by atoms with Gasteiger partial charge in [-0.2, -0.15) is 0 Å². The van der Waals surface area contributed by atoms with Gasteiger partial charge in [-0.15, -0.1) is 0 Å². The first-order valence-electron chi connectivity index (χ1n) is 11.7. The quantitative estimate of drug-likeness (QED) is 0.521. The standard InChI is InChI=1S/C26H41N3O3/c1-8-26(9-2,21-11-12-24(19(4)15-21)32-18-20(5)30)22-16-23(29(10-3)17-22)25(31)27-13-14-28(6)7/h11-12,15-17,20,30H,8-10,13-14,18H2,1-7H3,(H,27,31). The van der Waals surface area contributed by atoms with E-state index in [0.717, 1.165) is 37.2 Å². The Morgan fingerprint density at radius 1 is 1.19 bits per heavy atom. The maximum absolute atomic E-state index is 12.9. The number of carbonyl (C=O) groups is 1. The molecule has 0 spiro atoms. The number of likely N-dealkylation sites (N-methyl/N-ethyl adjacent to an activating group) is 1. The van der Waals surface area contributed by atoms with Gasteiger partial charge in [-0.05, 0) is 76.5 Å². The second-order valence-corrected chi connectivity index (χ2v) is 8.89. The van der Waals surface area contributed by atoms with E-state index < -0.39 is 6.10 Å². The number of rotatable bonds is 12. The van der Waals surface area contributed by atoms with Gasteiger partial charge in [0, 0.05) is 31.2 Å². The topological polar surface area (TPSA) is 66.7 Å². The fourth-order valence-electron chi connectivity index (χ4n) is 4.26. The molecule has 1 aromatic carbocycles. The highest BCUT2D eigenvalue weighted by Crippen LogP contribution is 2.41. The monoisotopic (exact) mass is 443 g/mol. The van der Waals surface area contributed by atoms with Crippen molar-refractivity contribution in [2.45, 2.75) is 65.5 Å². The number of carbonyl (C=O) groups excluding carboxylic acids is 1. The Morgan fingerprint density at radius 2 is 1.88 bits per heavy atom. The Balaban J connectivity index is 2.40. The van der Waals surface area contributed by atoms with E-state index in [0.29, 0.717) is 12.2 Å². The summed E-state index contributed by atoms with van der Waals surface area (Å²) in [7, 11) is 4.00. The molecule has 1 unspecified atom stereocenters. The molecule has 0 aliphatic carbocycles. The maximum atomic E-state index is 12.9. The second kappa shape index (κ2) is 11.5. The molecule has 1 amide bonds. The van der Waals surface area contributed by atoms with Gasteiger partial charge < -0.3 is 24.6 Å². The van der Waals surface area contributed by atoms with Crippen molar-refractivity contribution in [3.8, 4) is 5.75 Å². The fraction of sp³-hybridized carbons (Fsp3) is 0.577. The number of aromatic nitrogens is 1. The van der Waals surface area contributed by atoms with Crippen LogP contribution in [-0.2, 0) is 12.0 Å². The number of hydrogen-bond acceptors (Lipinski definition) is 4. The van der Waals surface area contributed by atoms with Crippen LogP contribution in [0.15, 0.2) is 30.5 Å². The summed E-state index contributed by atoms with van der Waals surface area (Å²) >= 11 is 0. The lowest BCUT2D eigenvalue weighted by molar-refractivity contribution is 0.0942. The van der Waals surface area contributed by atoms with E-state index in [9.17, 15) is 9.90 Å². The van der Waals surface area contributed by atoms with Crippen LogP contribution in [0.25, 0.3) is 0 Å². The van der Waals surface area contributed by atoms with Crippen molar-refractivity contribution in [3.63, 3.8) is 0 Å². The summed E-state index contributed by atoms with van der Waals surface area (Å²) in [4.78, 5) is 15.0. The molecule has 32 heavy (non-hydrogen) atoms. The average Bonchev–Trinajstić information content (AvgIpc) is 3.19. The van der Waals surface area contributed by atoms with Gasteiger partial charge in [0.2, 0.25) is 0 Å². The molecule has 0 fully saturated rings. The van der Waals surface area contributed by atoms with Crippen molar-refractivity contribution >= 4 is 5.91 Å². The third-order valence-corrected chi connectivity index (χ3v) is 6.28. The van der Waals surface area contributed by atoms with Gasteiger partial charge >= 0.3 is 0 Å². The smallest absolute Gasteiger partial charge is 0.267 e. The number of amides is 1. The number of nitrogens with one attached hydrogen (secondary N) is 1. The highest BCUT2D eigenvalue weighted by Gasteiger charge is 2.33. The lowest BCUT2D eigenvalue weighted by atomic mass is 9.71. The Morgan fingerprint density at radius 3 is 2.41 bits per heavy atom. The Bertz CT molecular complexity index is 882. The molecule has 1 atom stereocenters. The SMILES string of the molecule is CCn1cc(C(CC)(CC)c2ccc(OCC(C)O)c(C)c2)cc1C(=O)NCCN(C)C. The molecule has 2 N–H and O–H groups in total. The summed E-state index contributed by atoms with van der Waals surface area (Å²) in [5.41, 5.74) is 3.95. The number of nitrogens with zero attached hydrogens (tertiary/aromatic N) is 2.